The highest BCUT2D eigenvalue weighted by Crippen LogP contribution is 2.26. The number of aromatic nitrogens is 3. The summed E-state index contributed by atoms with van der Waals surface area (Å²) in [6, 6.07) is 16.2. The van der Waals surface area contributed by atoms with Crippen LogP contribution in [0.4, 0.5) is 0 Å². The van der Waals surface area contributed by atoms with Gasteiger partial charge in [-0.25, -0.2) is 14.7 Å². The van der Waals surface area contributed by atoms with Crippen LogP contribution in [0.2, 0.25) is 0 Å². The fourth-order valence-electron chi connectivity index (χ4n) is 3.72. The molecule has 0 saturated carbocycles. The minimum atomic E-state index is 0. The van der Waals surface area contributed by atoms with Crippen LogP contribution in [0, 0.1) is 13.8 Å². The normalized spacial score (nSPS) is 15.5. The van der Waals surface area contributed by atoms with Crippen LogP contribution in [0.1, 0.15) is 48.6 Å². The average Bonchev–Trinajstić information content (AvgIpc) is 3.16. The first-order chi connectivity index (χ1) is 15.1. The van der Waals surface area contributed by atoms with E-state index in [9.17, 15) is 0 Å². The molecular formula is C24H31IN6O. The summed E-state index contributed by atoms with van der Waals surface area (Å²) in [4.78, 5) is 9.45. The van der Waals surface area contributed by atoms with Gasteiger partial charge in [-0.05, 0) is 51.8 Å². The highest BCUT2D eigenvalue weighted by Gasteiger charge is 2.24. The summed E-state index contributed by atoms with van der Waals surface area (Å²) in [5.74, 6) is 4.21. The molecule has 1 aromatic heterocycles. The molecule has 0 radical (unpaired) electrons. The van der Waals surface area contributed by atoms with Crippen LogP contribution in [-0.2, 0) is 13.1 Å². The molecule has 2 N–H and O–H groups in total. The van der Waals surface area contributed by atoms with Crippen molar-refractivity contribution in [1.29, 1.82) is 0 Å². The van der Waals surface area contributed by atoms with Crippen molar-refractivity contribution in [2.24, 2.45) is 4.99 Å². The van der Waals surface area contributed by atoms with E-state index in [1.165, 1.54) is 5.56 Å². The first kappa shape index (κ1) is 24.0. The highest BCUT2D eigenvalue weighted by atomic mass is 127. The maximum absolute atomic E-state index is 6.12. The maximum atomic E-state index is 6.12. The monoisotopic (exact) mass is 546 g/mol. The molecule has 1 atom stereocenters. The van der Waals surface area contributed by atoms with Gasteiger partial charge in [0.25, 0.3) is 0 Å². The number of nitrogens with zero attached hydrogens (tertiary/aromatic N) is 4. The Morgan fingerprint density at radius 3 is 2.72 bits per heavy atom. The van der Waals surface area contributed by atoms with Crippen molar-refractivity contribution in [3.63, 3.8) is 0 Å². The molecule has 0 aliphatic carbocycles. The van der Waals surface area contributed by atoms with Gasteiger partial charge < -0.3 is 15.4 Å². The molecule has 170 valence electrons. The fourth-order valence-corrected chi connectivity index (χ4v) is 3.72. The van der Waals surface area contributed by atoms with Crippen LogP contribution in [0.3, 0.4) is 0 Å². The number of guanidine groups is 1. The molecule has 1 aliphatic rings. The molecule has 0 fully saturated rings. The second kappa shape index (κ2) is 11.3. The van der Waals surface area contributed by atoms with Gasteiger partial charge in [0.05, 0.1) is 12.6 Å². The van der Waals surface area contributed by atoms with Crippen LogP contribution in [0.5, 0.6) is 11.5 Å². The van der Waals surface area contributed by atoms with Gasteiger partial charge in [0.1, 0.15) is 23.1 Å². The lowest BCUT2D eigenvalue weighted by Gasteiger charge is -2.25. The zero-order valence-corrected chi connectivity index (χ0v) is 21.2. The Kier molecular flexibility index (Phi) is 8.49. The predicted octanol–water partition coefficient (Wildman–Crippen LogP) is 4.90. The standard InChI is InChI=1S/C24H30N6O.HI/c1-4-25-24(28-21-9-7-15-30-23(21)27-18(3)29-30)26-16-19-8-5-6-10-22(19)31-20-13-11-17(2)12-14-20;/h5-6,8,10-14,21H,4,7,9,15-16H2,1-3H3,(H2,25,26,28);1H. The molecule has 0 spiro atoms. The molecule has 8 heteroatoms. The van der Waals surface area contributed by atoms with E-state index in [2.05, 4.69) is 40.6 Å². The molecule has 0 saturated heterocycles. The lowest BCUT2D eigenvalue weighted by Crippen LogP contribution is -2.41. The number of aliphatic imine (C=N–C) groups is 1. The lowest BCUT2D eigenvalue weighted by molar-refractivity contribution is 0.397. The Bertz CT molecular complexity index is 1050. The number of halogens is 1. The van der Waals surface area contributed by atoms with Crippen molar-refractivity contribution < 1.29 is 4.74 Å². The largest absolute Gasteiger partial charge is 0.457 e. The SMILES string of the molecule is CCNC(=NCc1ccccc1Oc1ccc(C)cc1)NC1CCCn2nc(C)nc21.I. The summed E-state index contributed by atoms with van der Waals surface area (Å²) in [5.41, 5.74) is 2.24. The van der Waals surface area contributed by atoms with Crippen LogP contribution in [-0.4, -0.2) is 27.3 Å². The smallest absolute Gasteiger partial charge is 0.192 e. The third-order valence-corrected chi connectivity index (χ3v) is 5.26. The molecule has 2 aromatic carbocycles. The van der Waals surface area contributed by atoms with Gasteiger partial charge in [0.15, 0.2) is 5.96 Å². The zero-order chi connectivity index (χ0) is 21.6. The predicted molar refractivity (Wildman–Crippen MR) is 138 cm³/mol. The third-order valence-electron chi connectivity index (χ3n) is 5.26. The number of aryl methyl sites for hydroxylation is 3. The zero-order valence-electron chi connectivity index (χ0n) is 18.8. The van der Waals surface area contributed by atoms with E-state index in [0.717, 1.165) is 60.6 Å². The van der Waals surface area contributed by atoms with Gasteiger partial charge in [-0.3, -0.25) is 0 Å². The van der Waals surface area contributed by atoms with Gasteiger partial charge in [0, 0.05) is 18.7 Å². The van der Waals surface area contributed by atoms with Crippen molar-refractivity contribution in [3.8, 4) is 11.5 Å². The molecule has 7 nitrogen and oxygen atoms in total. The van der Waals surface area contributed by atoms with E-state index in [1.54, 1.807) is 0 Å². The Morgan fingerprint density at radius 1 is 1.16 bits per heavy atom. The molecule has 32 heavy (non-hydrogen) atoms. The molecule has 2 heterocycles. The van der Waals surface area contributed by atoms with Crippen molar-refractivity contribution >= 4 is 29.9 Å². The van der Waals surface area contributed by atoms with Crippen molar-refractivity contribution in [2.75, 3.05) is 6.54 Å². The first-order valence-electron chi connectivity index (χ1n) is 10.9. The van der Waals surface area contributed by atoms with Crippen LogP contribution >= 0.6 is 24.0 Å². The quantitative estimate of drug-likeness (QED) is 0.262. The van der Waals surface area contributed by atoms with Gasteiger partial charge in [-0.1, -0.05) is 35.9 Å². The summed E-state index contributed by atoms with van der Waals surface area (Å²) in [5, 5.41) is 11.4. The van der Waals surface area contributed by atoms with Gasteiger partial charge in [-0.2, -0.15) is 5.10 Å². The number of nitrogens with one attached hydrogen (secondary N) is 2. The van der Waals surface area contributed by atoms with Crippen LogP contribution < -0.4 is 15.4 Å². The summed E-state index contributed by atoms with van der Waals surface area (Å²) >= 11 is 0. The van der Waals surface area contributed by atoms with Gasteiger partial charge in [-0.15, -0.1) is 24.0 Å². The van der Waals surface area contributed by atoms with Crippen molar-refractivity contribution in [1.82, 2.24) is 25.4 Å². The molecule has 1 aliphatic heterocycles. The topological polar surface area (TPSA) is 76.4 Å². The van der Waals surface area contributed by atoms with E-state index >= 15 is 0 Å². The van der Waals surface area contributed by atoms with Crippen LogP contribution in [0.15, 0.2) is 53.5 Å². The summed E-state index contributed by atoms with van der Waals surface area (Å²) in [7, 11) is 0. The Balaban J connectivity index is 0.00000289. The third kappa shape index (κ3) is 5.99. The molecule has 1 unspecified atom stereocenters. The van der Waals surface area contributed by atoms with E-state index in [-0.39, 0.29) is 30.0 Å². The number of fused-ring (bicyclic) bond motifs is 1. The fraction of sp³-hybridized carbons (Fsp3) is 0.375. The van der Waals surface area contributed by atoms with E-state index in [4.69, 9.17) is 9.73 Å². The summed E-state index contributed by atoms with van der Waals surface area (Å²) < 4.78 is 8.13. The molecule has 0 bridgehead atoms. The van der Waals surface area contributed by atoms with Gasteiger partial charge >= 0.3 is 0 Å². The summed E-state index contributed by atoms with van der Waals surface area (Å²) in [6.45, 7) is 8.29. The van der Waals surface area contributed by atoms with Crippen molar-refractivity contribution in [2.45, 2.75) is 52.7 Å². The van der Waals surface area contributed by atoms with E-state index in [1.807, 2.05) is 54.1 Å². The second-order valence-electron chi connectivity index (χ2n) is 7.80. The molecule has 4 rings (SSSR count). The molecule has 3 aromatic rings. The molecule has 0 amide bonds. The number of benzene rings is 2. The lowest BCUT2D eigenvalue weighted by atomic mass is 10.1. The molecular weight excluding hydrogens is 515 g/mol. The number of ether oxygens (including phenoxy) is 1. The van der Waals surface area contributed by atoms with Crippen LogP contribution in [0.25, 0.3) is 0 Å². The summed E-state index contributed by atoms with van der Waals surface area (Å²) in [6.07, 6.45) is 2.08. The Hall–Kier alpha value is -2.62. The maximum Gasteiger partial charge on any atom is 0.192 e. The number of para-hydroxylation sites is 1. The highest BCUT2D eigenvalue weighted by molar-refractivity contribution is 14.0. The number of rotatable bonds is 6. The average molecular weight is 546 g/mol. The Labute approximate surface area is 206 Å². The minimum absolute atomic E-state index is 0. The van der Waals surface area contributed by atoms with Crippen molar-refractivity contribution in [3.05, 3.63) is 71.3 Å². The van der Waals surface area contributed by atoms with E-state index < -0.39 is 0 Å². The number of hydrogen-bond acceptors (Lipinski definition) is 4. The number of hydrogen-bond donors (Lipinski definition) is 2. The second-order valence-corrected chi connectivity index (χ2v) is 7.80. The minimum Gasteiger partial charge on any atom is -0.457 e. The van der Waals surface area contributed by atoms with E-state index in [0.29, 0.717) is 6.54 Å². The Morgan fingerprint density at radius 2 is 1.94 bits per heavy atom. The first-order valence-corrected chi connectivity index (χ1v) is 10.9. The van der Waals surface area contributed by atoms with Gasteiger partial charge in [0.2, 0.25) is 0 Å².